The lowest BCUT2D eigenvalue weighted by Gasteiger charge is -1.96. The van der Waals surface area contributed by atoms with Crippen molar-refractivity contribution in [3.05, 3.63) is 49.9 Å². The fourth-order valence-corrected chi connectivity index (χ4v) is 1.20. The van der Waals surface area contributed by atoms with E-state index in [-0.39, 0.29) is 5.69 Å². The van der Waals surface area contributed by atoms with E-state index in [1.165, 1.54) is 6.07 Å². The van der Waals surface area contributed by atoms with Crippen LogP contribution >= 0.6 is 0 Å². The monoisotopic (exact) mass is 230 g/mol. The lowest BCUT2D eigenvalue weighted by molar-refractivity contribution is -0.385. The van der Waals surface area contributed by atoms with Gasteiger partial charge in [-0.15, -0.1) is 0 Å². The first-order valence-corrected chi connectivity index (χ1v) is 4.90. The van der Waals surface area contributed by atoms with Crippen LogP contribution in [0.3, 0.4) is 0 Å². The first-order valence-electron chi connectivity index (χ1n) is 4.90. The number of nitrogens with zero attached hydrogens (tertiary/aromatic N) is 4. The number of azide groups is 1. The summed E-state index contributed by atoms with van der Waals surface area (Å²) in [5.41, 5.74) is 9.30. The van der Waals surface area contributed by atoms with Gasteiger partial charge in [-0.1, -0.05) is 23.0 Å². The molecule has 0 aliphatic heterocycles. The predicted octanol–water partition coefficient (Wildman–Crippen LogP) is 2.96. The minimum absolute atomic E-state index is 0.0619. The Bertz CT molecular complexity index is 536. The molecule has 0 bridgehead atoms. The van der Waals surface area contributed by atoms with Gasteiger partial charge in [-0.2, -0.15) is 0 Å². The zero-order valence-corrected chi connectivity index (χ0v) is 9.25. The van der Waals surface area contributed by atoms with Crippen molar-refractivity contribution in [1.82, 2.24) is 0 Å². The van der Waals surface area contributed by atoms with Gasteiger partial charge in [0.1, 0.15) is 0 Å². The zero-order valence-electron chi connectivity index (χ0n) is 9.25. The molecule has 0 aliphatic rings. The summed E-state index contributed by atoms with van der Waals surface area (Å²) in [7, 11) is 0. The lowest BCUT2D eigenvalue weighted by atomic mass is 10.1. The first-order chi connectivity index (χ1) is 8.15. The predicted molar refractivity (Wildman–Crippen MR) is 63.3 cm³/mol. The molecule has 0 fully saturated rings. The van der Waals surface area contributed by atoms with E-state index < -0.39 is 4.92 Å². The van der Waals surface area contributed by atoms with Gasteiger partial charge in [-0.05, 0) is 18.5 Å². The van der Waals surface area contributed by atoms with Gasteiger partial charge in [0.25, 0.3) is 5.69 Å². The smallest absolute Gasteiger partial charge is 0.258 e. The molecule has 0 atom stereocenters. The van der Waals surface area contributed by atoms with Crippen LogP contribution in [-0.2, 0) is 0 Å². The summed E-state index contributed by atoms with van der Waals surface area (Å²) in [6.45, 7) is 1.98. The highest BCUT2D eigenvalue weighted by molar-refractivity contribution is 5.48. The quantitative estimate of drug-likeness (QED) is 0.152. The van der Waals surface area contributed by atoms with Gasteiger partial charge in [0.2, 0.25) is 0 Å². The molecule has 0 radical (unpaired) electrons. The minimum atomic E-state index is -0.430. The van der Waals surface area contributed by atoms with E-state index in [1.54, 1.807) is 19.1 Å². The number of nitro benzene ring substituents is 1. The molecule has 0 saturated carbocycles. The van der Waals surface area contributed by atoms with Gasteiger partial charge < -0.3 is 0 Å². The molecule has 1 aromatic rings. The van der Waals surface area contributed by atoms with Crippen LogP contribution in [0, 0.1) is 28.9 Å². The van der Waals surface area contributed by atoms with Gasteiger partial charge in [-0.3, -0.25) is 10.1 Å². The second-order valence-electron chi connectivity index (χ2n) is 3.26. The molecule has 0 saturated heterocycles. The normalized spacial score (nSPS) is 8.76. The van der Waals surface area contributed by atoms with Crippen LogP contribution in [0.1, 0.15) is 17.5 Å². The maximum Gasteiger partial charge on any atom is 0.273 e. The first kappa shape index (κ1) is 12.6. The summed E-state index contributed by atoms with van der Waals surface area (Å²) >= 11 is 0. The molecular weight excluding hydrogens is 220 g/mol. The van der Waals surface area contributed by atoms with Crippen LogP contribution in [0.4, 0.5) is 5.69 Å². The minimum Gasteiger partial charge on any atom is -0.258 e. The van der Waals surface area contributed by atoms with Crippen LogP contribution in [0.15, 0.2) is 23.3 Å². The Morgan fingerprint density at radius 1 is 1.59 bits per heavy atom. The highest BCUT2D eigenvalue weighted by atomic mass is 16.6. The van der Waals surface area contributed by atoms with Crippen molar-refractivity contribution in [2.45, 2.75) is 13.3 Å². The van der Waals surface area contributed by atoms with Gasteiger partial charge in [0.05, 0.1) is 4.92 Å². The number of rotatable bonds is 3. The molecule has 0 aliphatic carbocycles. The van der Waals surface area contributed by atoms with Crippen molar-refractivity contribution in [3.63, 3.8) is 0 Å². The Kier molecular flexibility index (Phi) is 4.55. The van der Waals surface area contributed by atoms with Gasteiger partial charge >= 0.3 is 0 Å². The van der Waals surface area contributed by atoms with Crippen molar-refractivity contribution >= 4 is 5.69 Å². The summed E-state index contributed by atoms with van der Waals surface area (Å²) in [5, 5.41) is 14.0. The number of aryl methyl sites for hydroxylation is 1. The molecule has 17 heavy (non-hydrogen) atoms. The van der Waals surface area contributed by atoms with Crippen LogP contribution in [-0.4, -0.2) is 11.5 Å². The summed E-state index contributed by atoms with van der Waals surface area (Å²) in [6.07, 6.45) is 0.436. The summed E-state index contributed by atoms with van der Waals surface area (Å²) in [4.78, 5) is 12.9. The number of hydrogen-bond acceptors (Lipinski definition) is 3. The van der Waals surface area contributed by atoms with Crippen molar-refractivity contribution in [2.24, 2.45) is 5.11 Å². The highest BCUT2D eigenvalue weighted by Crippen LogP contribution is 2.18. The number of benzene rings is 1. The van der Waals surface area contributed by atoms with Crippen LogP contribution in [0.2, 0.25) is 0 Å². The van der Waals surface area contributed by atoms with Gasteiger partial charge in [-0.25, -0.2) is 0 Å². The number of nitro groups is 1. The Labute approximate surface area is 98.0 Å². The molecule has 6 heteroatoms. The van der Waals surface area contributed by atoms with Crippen molar-refractivity contribution in [3.8, 4) is 11.8 Å². The zero-order chi connectivity index (χ0) is 12.7. The maximum atomic E-state index is 10.7. The van der Waals surface area contributed by atoms with E-state index in [1.807, 2.05) is 0 Å². The summed E-state index contributed by atoms with van der Waals surface area (Å²) in [6, 6.07) is 4.83. The molecule has 0 N–H and O–H groups in total. The molecule has 0 aromatic heterocycles. The van der Waals surface area contributed by atoms with Crippen molar-refractivity contribution in [2.75, 3.05) is 6.54 Å². The molecule has 0 amide bonds. The van der Waals surface area contributed by atoms with E-state index in [9.17, 15) is 10.1 Å². The fraction of sp³-hybridized carbons (Fsp3) is 0.273. The van der Waals surface area contributed by atoms with Crippen LogP contribution in [0.25, 0.3) is 10.4 Å². The van der Waals surface area contributed by atoms with Crippen molar-refractivity contribution in [1.29, 1.82) is 0 Å². The topological polar surface area (TPSA) is 91.9 Å². The average Bonchev–Trinajstić information content (AvgIpc) is 2.30. The van der Waals surface area contributed by atoms with E-state index in [0.717, 1.165) is 0 Å². The Morgan fingerprint density at radius 2 is 2.35 bits per heavy atom. The maximum absolute atomic E-state index is 10.7. The van der Waals surface area contributed by atoms with Gasteiger partial charge in [0.15, 0.2) is 0 Å². The SMILES string of the molecule is Cc1ccc(C#CCCN=[N+]=[N-])cc1[N+](=O)[O-]. The third-order valence-corrected chi connectivity index (χ3v) is 2.04. The Hall–Kier alpha value is -2.51. The molecule has 0 spiro atoms. The lowest BCUT2D eigenvalue weighted by Crippen LogP contribution is -1.92. The molecule has 0 unspecified atom stereocenters. The van der Waals surface area contributed by atoms with E-state index in [0.29, 0.717) is 24.1 Å². The van der Waals surface area contributed by atoms with E-state index in [4.69, 9.17) is 5.53 Å². The standard InChI is InChI=1S/C11H10N4O2/c1-9-5-6-10(8-11(9)15(16)17)4-2-3-7-13-14-12/h5-6,8H,3,7H2,1H3. The second kappa shape index (κ2) is 6.16. The molecule has 6 nitrogen and oxygen atoms in total. The largest absolute Gasteiger partial charge is 0.273 e. The molecule has 1 aromatic carbocycles. The van der Waals surface area contributed by atoms with Gasteiger partial charge in [0, 0.05) is 35.1 Å². The molecule has 86 valence electrons. The van der Waals surface area contributed by atoms with Crippen LogP contribution < -0.4 is 0 Å². The third kappa shape index (κ3) is 3.86. The summed E-state index contributed by atoms with van der Waals surface area (Å²) < 4.78 is 0. The highest BCUT2D eigenvalue weighted by Gasteiger charge is 2.09. The third-order valence-electron chi connectivity index (χ3n) is 2.04. The molecule has 1 rings (SSSR count). The molecule has 0 heterocycles. The second-order valence-corrected chi connectivity index (χ2v) is 3.26. The summed E-state index contributed by atoms with van der Waals surface area (Å²) in [5.74, 6) is 5.57. The fourth-order valence-electron chi connectivity index (χ4n) is 1.20. The Balaban J connectivity index is 2.82. The Morgan fingerprint density at radius 3 is 3.00 bits per heavy atom. The van der Waals surface area contributed by atoms with Crippen molar-refractivity contribution < 1.29 is 4.92 Å². The van der Waals surface area contributed by atoms with Crippen LogP contribution in [0.5, 0.6) is 0 Å². The average molecular weight is 230 g/mol. The van der Waals surface area contributed by atoms with E-state index >= 15 is 0 Å². The molecular formula is C11H10N4O2. The number of hydrogen-bond donors (Lipinski definition) is 0. The van der Waals surface area contributed by atoms with E-state index in [2.05, 4.69) is 21.9 Å².